The Bertz CT molecular complexity index is 438. The Hall–Kier alpha value is -1.35. The van der Waals surface area contributed by atoms with E-state index in [0.717, 1.165) is 35.8 Å². The van der Waals surface area contributed by atoms with E-state index in [4.69, 9.17) is 4.74 Å². The molecule has 0 aromatic heterocycles. The van der Waals surface area contributed by atoms with E-state index in [1.165, 1.54) is 12.8 Å². The van der Waals surface area contributed by atoms with Gasteiger partial charge in [-0.25, -0.2) is 0 Å². The first kappa shape index (κ1) is 10.8. The number of ketones is 1. The number of hydrogen-bond acceptors (Lipinski definition) is 3. The normalized spacial score (nSPS) is 17.6. The molecule has 17 heavy (non-hydrogen) atoms. The van der Waals surface area contributed by atoms with E-state index in [-0.39, 0.29) is 5.78 Å². The largest absolute Gasteiger partial charge is 0.492 e. The van der Waals surface area contributed by atoms with Gasteiger partial charge in [0, 0.05) is 6.42 Å². The number of carbonyl (C=O) groups is 1. The van der Waals surface area contributed by atoms with Crippen LogP contribution in [0.25, 0.3) is 0 Å². The Balaban J connectivity index is 1.66. The third-order valence-corrected chi connectivity index (χ3v) is 3.43. The lowest BCUT2D eigenvalue weighted by atomic mass is 10.0. The molecule has 1 saturated carbocycles. The molecular weight excluding hydrogens is 214 g/mol. The molecule has 1 aliphatic carbocycles. The zero-order valence-corrected chi connectivity index (χ0v) is 9.87. The molecule has 1 aliphatic heterocycles. The molecule has 0 spiro atoms. The van der Waals surface area contributed by atoms with Crippen molar-refractivity contribution in [1.82, 2.24) is 5.32 Å². The second-order valence-corrected chi connectivity index (χ2v) is 4.89. The van der Waals surface area contributed by atoms with Crippen LogP contribution in [0.15, 0.2) is 18.2 Å². The second-order valence-electron chi connectivity index (χ2n) is 4.89. The summed E-state index contributed by atoms with van der Waals surface area (Å²) in [5.41, 5.74) is 1.90. The predicted molar refractivity (Wildman–Crippen MR) is 65.6 cm³/mol. The van der Waals surface area contributed by atoms with E-state index in [9.17, 15) is 4.79 Å². The van der Waals surface area contributed by atoms with Gasteiger partial charge in [0.1, 0.15) is 5.75 Å². The van der Waals surface area contributed by atoms with E-state index in [1.54, 1.807) is 0 Å². The summed E-state index contributed by atoms with van der Waals surface area (Å²) in [6.45, 7) is 2.10. The molecule has 2 aliphatic rings. The van der Waals surface area contributed by atoms with Crippen molar-refractivity contribution in [2.24, 2.45) is 5.92 Å². The highest BCUT2D eigenvalue weighted by Crippen LogP contribution is 2.30. The summed E-state index contributed by atoms with van der Waals surface area (Å²) in [4.78, 5) is 12.1. The number of carbonyl (C=O) groups excluding carboxylic acids is 1. The van der Waals surface area contributed by atoms with Gasteiger partial charge < -0.3 is 10.1 Å². The lowest BCUT2D eigenvalue weighted by Gasteiger charge is -2.07. The minimum absolute atomic E-state index is 0.143. The number of hydrogen-bond donors (Lipinski definition) is 1. The van der Waals surface area contributed by atoms with Crippen LogP contribution in [0, 0.1) is 5.92 Å². The summed E-state index contributed by atoms with van der Waals surface area (Å²) in [7, 11) is 0. The standard InChI is InChI=1S/C14H17NO2/c16-13(9-15-8-10-4-5-10)12-3-1-2-11-6-7-17-14(11)12/h1-3,10,15H,4-9H2. The molecule has 0 amide bonds. The molecule has 0 bridgehead atoms. The van der Waals surface area contributed by atoms with Crippen molar-refractivity contribution in [3.8, 4) is 5.75 Å². The van der Waals surface area contributed by atoms with Gasteiger partial charge in [0.2, 0.25) is 0 Å². The van der Waals surface area contributed by atoms with Gasteiger partial charge in [0.05, 0.1) is 18.7 Å². The monoisotopic (exact) mass is 231 g/mol. The van der Waals surface area contributed by atoms with Crippen molar-refractivity contribution >= 4 is 5.78 Å². The van der Waals surface area contributed by atoms with E-state index >= 15 is 0 Å². The third kappa shape index (κ3) is 2.34. The minimum atomic E-state index is 0.143. The molecule has 0 saturated heterocycles. The number of para-hydroxylation sites is 1. The Morgan fingerprint density at radius 1 is 1.41 bits per heavy atom. The van der Waals surface area contributed by atoms with Crippen LogP contribution in [0.4, 0.5) is 0 Å². The smallest absolute Gasteiger partial charge is 0.180 e. The van der Waals surface area contributed by atoms with Crippen molar-refractivity contribution in [3.63, 3.8) is 0 Å². The van der Waals surface area contributed by atoms with Gasteiger partial charge in [-0.1, -0.05) is 12.1 Å². The topological polar surface area (TPSA) is 38.3 Å². The molecule has 90 valence electrons. The lowest BCUT2D eigenvalue weighted by Crippen LogP contribution is -2.25. The Morgan fingerprint density at radius 2 is 2.29 bits per heavy atom. The average Bonchev–Trinajstić information content (AvgIpc) is 3.04. The van der Waals surface area contributed by atoms with Gasteiger partial charge in [-0.15, -0.1) is 0 Å². The number of benzene rings is 1. The first-order chi connectivity index (χ1) is 8.34. The number of ether oxygens (including phenoxy) is 1. The third-order valence-electron chi connectivity index (χ3n) is 3.43. The lowest BCUT2D eigenvalue weighted by molar-refractivity contribution is 0.0988. The number of Topliss-reactive ketones (excluding diaryl/α,β-unsaturated/α-hetero) is 1. The fourth-order valence-corrected chi connectivity index (χ4v) is 2.24. The molecule has 1 heterocycles. The van der Waals surface area contributed by atoms with Crippen LogP contribution in [-0.4, -0.2) is 25.5 Å². The summed E-state index contributed by atoms with van der Waals surface area (Å²) >= 11 is 0. The van der Waals surface area contributed by atoms with Crippen LogP contribution < -0.4 is 10.1 Å². The van der Waals surface area contributed by atoms with E-state index < -0.39 is 0 Å². The summed E-state index contributed by atoms with van der Waals surface area (Å²) in [6, 6.07) is 5.85. The maximum Gasteiger partial charge on any atom is 0.180 e. The molecular formula is C14H17NO2. The molecule has 0 unspecified atom stereocenters. The van der Waals surface area contributed by atoms with Crippen molar-refractivity contribution < 1.29 is 9.53 Å². The number of nitrogens with one attached hydrogen (secondary N) is 1. The van der Waals surface area contributed by atoms with Crippen LogP contribution in [-0.2, 0) is 6.42 Å². The van der Waals surface area contributed by atoms with Gasteiger partial charge in [-0.05, 0) is 36.9 Å². The highest BCUT2D eigenvalue weighted by Gasteiger charge is 2.22. The molecule has 3 nitrogen and oxygen atoms in total. The maximum absolute atomic E-state index is 12.1. The summed E-state index contributed by atoms with van der Waals surface area (Å²) in [5.74, 6) is 1.76. The molecule has 3 rings (SSSR count). The fourth-order valence-electron chi connectivity index (χ4n) is 2.24. The Labute approximate surface area is 101 Å². The molecule has 1 aromatic carbocycles. The minimum Gasteiger partial charge on any atom is -0.492 e. The average molecular weight is 231 g/mol. The molecule has 0 radical (unpaired) electrons. The van der Waals surface area contributed by atoms with E-state index in [2.05, 4.69) is 5.32 Å². The zero-order valence-electron chi connectivity index (χ0n) is 9.87. The van der Waals surface area contributed by atoms with Gasteiger partial charge in [0.25, 0.3) is 0 Å². The summed E-state index contributed by atoms with van der Waals surface area (Å²) in [5, 5.41) is 3.23. The van der Waals surface area contributed by atoms with Crippen LogP contribution >= 0.6 is 0 Å². The van der Waals surface area contributed by atoms with E-state index in [1.807, 2.05) is 18.2 Å². The van der Waals surface area contributed by atoms with Crippen molar-refractivity contribution in [1.29, 1.82) is 0 Å². The SMILES string of the molecule is O=C(CNCC1CC1)c1cccc2c1OCC2. The number of fused-ring (bicyclic) bond motifs is 1. The second kappa shape index (κ2) is 4.49. The van der Waals surface area contributed by atoms with Crippen molar-refractivity contribution in [2.75, 3.05) is 19.7 Å². The molecule has 1 aromatic rings. The van der Waals surface area contributed by atoms with Crippen molar-refractivity contribution in [2.45, 2.75) is 19.3 Å². The van der Waals surface area contributed by atoms with Crippen LogP contribution in [0.2, 0.25) is 0 Å². The molecule has 0 atom stereocenters. The van der Waals surface area contributed by atoms with Crippen LogP contribution in [0.1, 0.15) is 28.8 Å². The molecule has 1 fully saturated rings. The zero-order chi connectivity index (χ0) is 11.7. The molecule has 3 heteroatoms. The summed E-state index contributed by atoms with van der Waals surface area (Å²) in [6.07, 6.45) is 3.54. The van der Waals surface area contributed by atoms with Crippen molar-refractivity contribution in [3.05, 3.63) is 29.3 Å². The van der Waals surface area contributed by atoms with Gasteiger partial charge >= 0.3 is 0 Å². The first-order valence-electron chi connectivity index (χ1n) is 6.33. The van der Waals surface area contributed by atoms with Crippen LogP contribution in [0.3, 0.4) is 0 Å². The Morgan fingerprint density at radius 3 is 3.12 bits per heavy atom. The predicted octanol–water partition coefficient (Wildman–Crippen LogP) is 1.80. The van der Waals surface area contributed by atoms with Gasteiger partial charge in [-0.3, -0.25) is 4.79 Å². The molecule has 1 N–H and O–H groups in total. The van der Waals surface area contributed by atoms with E-state index in [0.29, 0.717) is 13.2 Å². The highest BCUT2D eigenvalue weighted by atomic mass is 16.5. The van der Waals surface area contributed by atoms with Gasteiger partial charge in [0.15, 0.2) is 5.78 Å². The quantitative estimate of drug-likeness (QED) is 0.785. The Kier molecular flexibility index (Phi) is 2.85. The van der Waals surface area contributed by atoms with Gasteiger partial charge in [-0.2, -0.15) is 0 Å². The first-order valence-corrected chi connectivity index (χ1v) is 6.33. The maximum atomic E-state index is 12.1. The fraction of sp³-hybridized carbons (Fsp3) is 0.500. The highest BCUT2D eigenvalue weighted by molar-refractivity contribution is 6.00. The van der Waals surface area contributed by atoms with Crippen LogP contribution in [0.5, 0.6) is 5.75 Å². The number of rotatable bonds is 5. The summed E-state index contributed by atoms with van der Waals surface area (Å²) < 4.78 is 5.54.